The Morgan fingerprint density at radius 1 is 1.24 bits per heavy atom. The topological polar surface area (TPSA) is 122 Å². The lowest BCUT2D eigenvalue weighted by Gasteiger charge is -2.05. The summed E-state index contributed by atoms with van der Waals surface area (Å²) >= 11 is 0. The Morgan fingerprint density at radius 2 is 1.82 bits per heavy atom. The molecule has 0 aromatic heterocycles. The predicted octanol–water partition coefficient (Wildman–Crippen LogP) is -0.0257. The van der Waals surface area contributed by atoms with Crippen molar-refractivity contribution in [2.75, 3.05) is 11.5 Å². The van der Waals surface area contributed by atoms with Gasteiger partial charge in [0.25, 0.3) is 0 Å². The summed E-state index contributed by atoms with van der Waals surface area (Å²) in [5.74, 6) is 1.14. The van der Waals surface area contributed by atoms with Crippen molar-refractivity contribution in [2.45, 2.75) is 6.61 Å². The standard InChI is InChI=1S/C9H10N2O5S/c10-8-3-7(4-9(11)5-8)6-16-17(13,14)15-2-1-12/h2-5H,6,10-11H2. The number of anilines is 2. The van der Waals surface area contributed by atoms with Crippen LogP contribution in [0.1, 0.15) is 5.56 Å². The van der Waals surface area contributed by atoms with E-state index in [2.05, 4.69) is 8.37 Å². The molecule has 4 N–H and O–H groups in total. The Labute approximate surface area is 97.9 Å². The maximum atomic E-state index is 11.0. The van der Waals surface area contributed by atoms with E-state index in [1.54, 1.807) is 0 Å². The summed E-state index contributed by atoms with van der Waals surface area (Å²) in [5, 5.41) is 0. The smallest absolute Gasteiger partial charge is 0.399 e. The molecule has 0 atom stereocenters. The molecule has 0 saturated carbocycles. The first-order valence-electron chi connectivity index (χ1n) is 4.35. The van der Waals surface area contributed by atoms with Crippen molar-refractivity contribution in [3.05, 3.63) is 30.0 Å². The van der Waals surface area contributed by atoms with Crippen LogP contribution >= 0.6 is 0 Å². The van der Waals surface area contributed by atoms with E-state index >= 15 is 0 Å². The van der Waals surface area contributed by atoms with Gasteiger partial charge in [0.2, 0.25) is 0 Å². The molecule has 0 amide bonds. The maximum Gasteiger partial charge on any atom is 0.449 e. The normalized spacial score (nSPS) is 10.6. The first kappa shape index (κ1) is 13.0. The van der Waals surface area contributed by atoms with Gasteiger partial charge in [0.15, 0.2) is 12.2 Å². The van der Waals surface area contributed by atoms with Crippen LogP contribution in [-0.2, 0) is 30.2 Å². The number of hydrogen-bond donors (Lipinski definition) is 2. The molecule has 7 nitrogen and oxygen atoms in total. The van der Waals surface area contributed by atoms with Gasteiger partial charge in [0.1, 0.15) is 0 Å². The second-order valence-corrected chi connectivity index (χ2v) is 4.25. The molecule has 0 aliphatic heterocycles. The molecule has 1 rings (SSSR count). The summed E-state index contributed by atoms with van der Waals surface area (Å²) in [6, 6.07) is 4.52. The van der Waals surface area contributed by atoms with Crippen LogP contribution in [0.25, 0.3) is 0 Å². The molecular weight excluding hydrogens is 248 g/mol. The zero-order valence-corrected chi connectivity index (χ0v) is 9.44. The van der Waals surface area contributed by atoms with Gasteiger partial charge in [-0.1, -0.05) is 0 Å². The summed E-state index contributed by atoms with van der Waals surface area (Å²) in [6.07, 6.45) is 0.336. The highest BCUT2D eigenvalue weighted by molar-refractivity contribution is 7.81. The zero-order chi connectivity index (χ0) is 12.9. The van der Waals surface area contributed by atoms with Crippen molar-refractivity contribution in [1.29, 1.82) is 0 Å². The Hall–Kier alpha value is -2.02. The summed E-state index contributed by atoms with van der Waals surface area (Å²) in [6.45, 7) is -0.301. The SMILES string of the molecule is Nc1cc(N)cc(COS(=O)(=O)OC=C=O)c1. The van der Waals surface area contributed by atoms with Gasteiger partial charge in [-0.25, -0.2) is 8.98 Å². The Balaban J connectivity index is 2.70. The minimum atomic E-state index is -4.27. The van der Waals surface area contributed by atoms with Crippen LogP contribution in [0.5, 0.6) is 0 Å². The Bertz CT molecular complexity index is 528. The monoisotopic (exact) mass is 258 g/mol. The Morgan fingerprint density at radius 3 is 2.35 bits per heavy atom. The second-order valence-electron chi connectivity index (χ2n) is 3.01. The highest BCUT2D eigenvalue weighted by atomic mass is 32.3. The molecular formula is C9H10N2O5S. The van der Waals surface area contributed by atoms with Gasteiger partial charge in [-0.3, -0.25) is 0 Å². The van der Waals surface area contributed by atoms with Gasteiger partial charge >= 0.3 is 10.4 Å². The molecule has 0 bridgehead atoms. The lowest BCUT2D eigenvalue weighted by atomic mass is 10.2. The van der Waals surface area contributed by atoms with Gasteiger partial charge in [0, 0.05) is 11.4 Å². The predicted molar refractivity (Wildman–Crippen MR) is 60.3 cm³/mol. The third-order valence-electron chi connectivity index (χ3n) is 1.62. The largest absolute Gasteiger partial charge is 0.449 e. The molecule has 0 fully saturated rings. The third kappa shape index (κ3) is 4.56. The fraction of sp³-hybridized carbons (Fsp3) is 0.111. The van der Waals surface area contributed by atoms with Crippen LogP contribution in [0.4, 0.5) is 11.4 Å². The van der Waals surface area contributed by atoms with Gasteiger partial charge in [-0.05, 0) is 23.8 Å². The van der Waals surface area contributed by atoms with Crippen LogP contribution in [0.2, 0.25) is 0 Å². The summed E-state index contributed by atoms with van der Waals surface area (Å²) in [7, 11) is -4.27. The molecule has 0 saturated heterocycles. The molecule has 0 aliphatic rings. The van der Waals surface area contributed by atoms with Crippen molar-refractivity contribution in [1.82, 2.24) is 0 Å². The maximum absolute atomic E-state index is 11.0. The number of benzene rings is 1. The van der Waals surface area contributed by atoms with E-state index < -0.39 is 10.4 Å². The number of hydrogen-bond acceptors (Lipinski definition) is 7. The molecule has 1 aromatic carbocycles. The van der Waals surface area contributed by atoms with Crippen LogP contribution < -0.4 is 11.5 Å². The van der Waals surface area contributed by atoms with Crippen molar-refractivity contribution in [3.8, 4) is 0 Å². The molecule has 92 valence electrons. The van der Waals surface area contributed by atoms with Crippen molar-refractivity contribution < 1.29 is 21.6 Å². The number of rotatable bonds is 5. The molecule has 17 heavy (non-hydrogen) atoms. The van der Waals surface area contributed by atoms with E-state index in [-0.39, 0.29) is 6.61 Å². The summed E-state index contributed by atoms with van der Waals surface area (Å²) in [5.41, 5.74) is 12.2. The van der Waals surface area contributed by atoms with Gasteiger partial charge < -0.3 is 15.7 Å². The van der Waals surface area contributed by atoms with E-state index in [1.807, 2.05) is 0 Å². The zero-order valence-electron chi connectivity index (χ0n) is 8.62. The fourth-order valence-electron chi connectivity index (χ4n) is 1.08. The van der Waals surface area contributed by atoms with Gasteiger partial charge in [0.05, 0.1) is 6.61 Å². The first-order chi connectivity index (χ1) is 7.93. The minimum Gasteiger partial charge on any atom is -0.399 e. The fourth-order valence-corrected chi connectivity index (χ4v) is 1.57. The third-order valence-corrected chi connectivity index (χ3v) is 2.36. The van der Waals surface area contributed by atoms with Gasteiger partial charge in [-0.15, -0.1) is 0 Å². The quantitative estimate of drug-likeness (QED) is 0.432. The highest BCUT2D eigenvalue weighted by Gasteiger charge is 2.11. The first-order valence-corrected chi connectivity index (χ1v) is 5.68. The van der Waals surface area contributed by atoms with Crippen molar-refractivity contribution in [3.63, 3.8) is 0 Å². The molecule has 0 heterocycles. The number of carbonyl (C=O) groups excluding carboxylic acids is 1. The van der Waals surface area contributed by atoms with E-state index in [0.717, 1.165) is 5.94 Å². The average Bonchev–Trinajstić information content (AvgIpc) is 2.23. The lowest BCUT2D eigenvalue weighted by molar-refractivity contribution is 0.250. The molecule has 0 spiro atoms. The van der Waals surface area contributed by atoms with E-state index in [1.165, 1.54) is 18.2 Å². The van der Waals surface area contributed by atoms with Crippen LogP contribution in [0.15, 0.2) is 24.5 Å². The highest BCUT2D eigenvalue weighted by Crippen LogP contribution is 2.15. The Kier molecular flexibility index (Phi) is 4.11. The molecule has 8 heteroatoms. The second kappa shape index (κ2) is 5.35. The molecule has 0 radical (unpaired) electrons. The molecule has 0 unspecified atom stereocenters. The van der Waals surface area contributed by atoms with E-state index in [0.29, 0.717) is 23.2 Å². The summed E-state index contributed by atoms with van der Waals surface area (Å²) < 4.78 is 30.5. The lowest BCUT2D eigenvalue weighted by Crippen LogP contribution is -2.07. The summed E-state index contributed by atoms with van der Waals surface area (Å²) in [4.78, 5) is 9.76. The van der Waals surface area contributed by atoms with Crippen molar-refractivity contribution >= 4 is 27.7 Å². The molecule has 0 aliphatic carbocycles. The number of nitrogens with two attached hydrogens (primary N) is 2. The van der Waals surface area contributed by atoms with Crippen molar-refractivity contribution in [2.24, 2.45) is 0 Å². The van der Waals surface area contributed by atoms with E-state index in [9.17, 15) is 13.2 Å². The van der Waals surface area contributed by atoms with Crippen LogP contribution in [0.3, 0.4) is 0 Å². The molecule has 1 aromatic rings. The van der Waals surface area contributed by atoms with E-state index in [4.69, 9.17) is 11.5 Å². The van der Waals surface area contributed by atoms with Crippen LogP contribution in [-0.4, -0.2) is 14.4 Å². The van der Waals surface area contributed by atoms with Crippen LogP contribution in [0, 0.1) is 0 Å². The number of nitrogen functional groups attached to an aromatic ring is 2. The minimum absolute atomic E-state index is 0.301. The van der Waals surface area contributed by atoms with Gasteiger partial charge in [-0.2, -0.15) is 8.42 Å². The average molecular weight is 258 g/mol.